The van der Waals surface area contributed by atoms with Crippen LogP contribution >= 0.6 is 0 Å². The van der Waals surface area contributed by atoms with Crippen molar-refractivity contribution in [2.75, 3.05) is 33.0 Å². The molecule has 0 aliphatic carbocycles. The van der Waals surface area contributed by atoms with Crippen molar-refractivity contribution < 1.29 is 149 Å². The van der Waals surface area contributed by atoms with E-state index in [1.807, 2.05) is 0 Å². The van der Waals surface area contributed by atoms with E-state index < -0.39 is 209 Å². The fraction of sp³-hybridized carbons (Fsp3) is 0.377. The number of carbonyl (C=O) groups is 10. The van der Waals surface area contributed by atoms with E-state index in [9.17, 15) is 63.3 Å². The summed E-state index contributed by atoms with van der Waals surface area (Å²) >= 11 is 0. The lowest BCUT2D eigenvalue weighted by Gasteiger charge is -2.47. The van der Waals surface area contributed by atoms with Gasteiger partial charge in [-0.25, -0.2) is 28.8 Å². The molecule has 108 heavy (non-hydrogen) atoms. The molecule has 4 aliphatic rings. The van der Waals surface area contributed by atoms with Gasteiger partial charge in [0.15, 0.2) is 80.1 Å². The lowest BCUT2D eigenvalue weighted by Crippen LogP contribution is -2.65. The second-order valence-electron chi connectivity index (χ2n) is 24.7. The van der Waals surface area contributed by atoms with Gasteiger partial charge in [-0.3, -0.25) is 19.2 Å². The third kappa shape index (κ3) is 20.9. The van der Waals surface area contributed by atoms with Crippen LogP contribution in [0, 0.1) is 0 Å². The van der Waals surface area contributed by atoms with Crippen molar-refractivity contribution in [3.8, 4) is 0 Å². The predicted molar refractivity (Wildman–Crippen MR) is 364 cm³/mol. The Balaban J connectivity index is 1.01. The van der Waals surface area contributed by atoms with Crippen LogP contribution in [0.3, 0.4) is 0 Å². The number of ether oxygens (including phenoxy) is 18. The molecular weight excluding hydrogens is 1420 g/mol. The van der Waals surface area contributed by atoms with E-state index in [4.69, 9.17) is 85.3 Å². The average molecular weight is 1500 g/mol. The van der Waals surface area contributed by atoms with Crippen LogP contribution in [0.2, 0.25) is 0 Å². The normalized spacial score (nSPS) is 28.0. The molecule has 4 heterocycles. The van der Waals surface area contributed by atoms with Gasteiger partial charge < -0.3 is 101 Å². The molecule has 31 nitrogen and oxygen atoms in total. The van der Waals surface area contributed by atoms with Gasteiger partial charge in [0, 0.05) is 27.7 Å². The first-order valence-corrected chi connectivity index (χ1v) is 34.0. The molecule has 3 N–H and O–H groups in total. The van der Waals surface area contributed by atoms with E-state index in [0.717, 1.165) is 27.7 Å². The molecule has 0 spiro atoms. The fourth-order valence-electron chi connectivity index (χ4n) is 11.9. The molecule has 31 heteroatoms. The van der Waals surface area contributed by atoms with Crippen molar-refractivity contribution in [1.29, 1.82) is 0 Å². The van der Waals surface area contributed by atoms with Gasteiger partial charge in [-0.1, -0.05) is 115 Å². The van der Waals surface area contributed by atoms with E-state index >= 15 is 0 Å². The average Bonchev–Trinajstić information content (AvgIpc) is 0.781. The molecule has 0 bridgehead atoms. The topological polar surface area (TPSA) is 398 Å². The lowest BCUT2D eigenvalue weighted by atomic mass is 9.96. The maximum Gasteiger partial charge on any atom is 0.338 e. The summed E-state index contributed by atoms with van der Waals surface area (Å²) < 4.78 is 110. The number of carbonyl (C=O) groups excluding carboxylic acids is 10. The van der Waals surface area contributed by atoms with E-state index in [-0.39, 0.29) is 40.0 Å². The molecule has 20 atom stereocenters. The fourth-order valence-corrected chi connectivity index (χ4v) is 11.9. The van der Waals surface area contributed by atoms with Crippen LogP contribution in [0.1, 0.15) is 89.8 Å². The minimum atomic E-state index is -2.18. The molecule has 0 unspecified atom stereocenters. The van der Waals surface area contributed by atoms with Crippen molar-refractivity contribution in [3.63, 3.8) is 0 Å². The minimum Gasteiger partial charge on any atom is -0.463 e. The van der Waals surface area contributed by atoms with Crippen molar-refractivity contribution in [3.05, 3.63) is 228 Å². The Kier molecular flexibility index (Phi) is 28.3. The quantitative estimate of drug-likeness (QED) is 0.0318. The summed E-state index contributed by atoms with van der Waals surface area (Å²) in [6.07, 6.45) is -36.4. The zero-order valence-electron chi connectivity index (χ0n) is 58.5. The molecule has 0 radical (unpaired) electrons. The molecular formula is C77H78O31. The summed E-state index contributed by atoms with van der Waals surface area (Å²) in [5.74, 6) is -9.98. The van der Waals surface area contributed by atoms with Gasteiger partial charge in [0.2, 0.25) is 0 Å². The molecule has 4 saturated heterocycles. The van der Waals surface area contributed by atoms with E-state index in [1.54, 1.807) is 72.8 Å². The van der Waals surface area contributed by atoms with Crippen LogP contribution in [0.4, 0.5) is 0 Å². The Morgan fingerprint density at radius 3 is 0.880 bits per heavy atom. The number of hydrogen-bond donors (Lipinski definition) is 3. The Bertz CT molecular complexity index is 4020. The first kappa shape index (κ1) is 79.9. The van der Waals surface area contributed by atoms with Crippen molar-refractivity contribution >= 4 is 59.7 Å². The highest BCUT2D eigenvalue weighted by molar-refractivity contribution is 5.93. The van der Waals surface area contributed by atoms with Crippen molar-refractivity contribution in [2.24, 2.45) is 0 Å². The second kappa shape index (κ2) is 38.2. The summed E-state index contributed by atoms with van der Waals surface area (Å²) in [5, 5.41) is 35.4. The van der Waals surface area contributed by atoms with Crippen LogP contribution in [0.25, 0.3) is 0 Å². The molecule has 6 aromatic carbocycles. The van der Waals surface area contributed by atoms with Crippen LogP contribution in [0.15, 0.2) is 195 Å². The number of hydrogen-bond acceptors (Lipinski definition) is 31. The maximum absolute atomic E-state index is 14.6. The van der Waals surface area contributed by atoms with Crippen LogP contribution in [-0.4, -0.2) is 231 Å². The van der Waals surface area contributed by atoms with Gasteiger partial charge in [0.05, 0.1) is 59.8 Å². The van der Waals surface area contributed by atoms with Gasteiger partial charge in [0.25, 0.3) is 0 Å². The monoisotopic (exact) mass is 1500 g/mol. The highest BCUT2D eigenvalue weighted by atomic mass is 16.8. The molecule has 0 aromatic heterocycles. The third-order valence-corrected chi connectivity index (χ3v) is 17.0. The number of aliphatic hydroxyl groups excluding tert-OH is 3. The Morgan fingerprint density at radius 1 is 0.296 bits per heavy atom. The highest BCUT2D eigenvalue weighted by Crippen LogP contribution is 2.37. The largest absolute Gasteiger partial charge is 0.463 e. The number of esters is 10. The summed E-state index contributed by atoms with van der Waals surface area (Å²) in [7, 11) is 0. The van der Waals surface area contributed by atoms with Crippen molar-refractivity contribution in [2.45, 2.75) is 151 Å². The SMILES string of the molecule is C=CCO[C@H]1O[C@H](CO[C@@H]2O[C@H](CO[C@@H]3O[C@H](CO[C@@H]4O[C@H](COC(C)=O)[C@@H](OC(C)=O)[C@H](OC(C)=O)[C@H]4OC(C)=O)[C@@H](OC(=O)c4ccccc4)[C@H](OC(=O)c4ccccc4)[C@H]3OC(=O)c3ccccc3)[C@@H](O)[C@H](O)[C@H]2O)[C@@H](OC(=O)c2ccccc2)[C@H](OC(=O)c2ccccc2)[C@H]1OC(=O)c1ccccc1. The van der Waals surface area contributed by atoms with Gasteiger partial charge in [-0.2, -0.15) is 0 Å². The Morgan fingerprint density at radius 2 is 0.546 bits per heavy atom. The van der Waals surface area contributed by atoms with E-state index in [1.165, 1.54) is 115 Å². The van der Waals surface area contributed by atoms with Crippen LogP contribution in [0.5, 0.6) is 0 Å². The standard InChI is InChI=1S/C77H78O31/c1-6-37-91-75-66(107-72(89)50-33-21-11-22-34-50)63(105-70(87)48-29-17-9-18-30-48)60(103-68(85)46-25-13-7-14-26-46)54(100-75)40-93-74-58(84)57(83)56(82)52(99-74)38-94-77-67(108-73(90)51-35-23-12-24-36-51)64(106-71(88)49-31-19-10-20-32-49)61(104-69(86)47-27-15-8-16-28-47)55(102-77)41-95-76-65(98-45(5)81)62(97-44(4)80)59(96-43(3)79)53(101-76)39-92-42(2)78/h6-36,52-67,74-77,82-84H,1,37-41H2,2-5H3/t52-,53-,54-,55-,56-,57+,58-,59-,60-,61-,62+,63+,64+,65-,66-,67-,74-,75+,76-,77-/m1/s1. The first-order chi connectivity index (χ1) is 52.0. The summed E-state index contributed by atoms with van der Waals surface area (Å²) in [6, 6.07) is 45.1. The van der Waals surface area contributed by atoms with Crippen molar-refractivity contribution in [1.82, 2.24) is 0 Å². The second-order valence-corrected chi connectivity index (χ2v) is 24.7. The Labute approximate surface area is 617 Å². The zero-order chi connectivity index (χ0) is 77.0. The molecule has 4 fully saturated rings. The van der Waals surface area contributed by atoms with Gasteiger partial charge >= 0.3 is 59.7 Å². The molecule has 4 aliphatic heterocycles. The minimum absolute atomic E-state index is 0.00350. The van der Waals surface area contributed by atoms with Gasteiger partial charge in [0.1, 0.15) is 49.3 Å². The highest BCUT2D eigenvalue weighted by Gasteiger charge is 2.58. The van der Waals surface area contributed by atoms with Crippen LogP contribution < -0.4 is 0 Å². The molecule has 6 aromatic rings. The third-order valence-electron chi connectivity index (χ3n) is 17.0. The lowest BCUT2D eigenvalue weighted by molar-refractivity contribution is -0.346. The number of aliphatic hydroxyl groups is 3. The number of benzene rings is 6. The molecule has 0 saturated carbocycles. The molecule has 10 rings (SSSR count). The van der Waals surface area contributed by atoms with E-state index in [0.29, 0.717) is 0 Å². The maximum atomic E-state index is 14.6. The van der Waals surface area contributed by atoms with E-state index in [2.05, 4.69) is 6.58 Å². The van der Waals surface area contributed by atoms with Gasteiger partial charge in [-0.05, 0) is 72.8 Å². The molecule has 0 amide bonds. The molecule has 572 valence electrons. The summed E-state index contributed by atoms with van der Waals surface area (Å²) in [6.45, 7) is 4.09. The summed E-state index contributed by atoms with van der Waals surface area (Å²) in [5.41, 5.74) is -0.163. The zero-order valence-corrected chi connectivity index (χ0v) is 58.5. The smallest absolute Gasteiger partial charge is 0.338 e. The summed E-state index contributed by atoms with van der Waals surface area (Å²) in [4.78, 5) is 137. The number of rotatable bonds is 29. The van der Waals surface area contributed by atoms with Gasteiger partial charge in [-0.15, -0.1) is 6.58 Å². The first-order valence-electron chi connectivity index (χ1n) is 34.0. The predicted octanol–water partition coefficient (Wildman–Crippen LogP) is 4.93. The Hall–Kier alpha value is -10.7. The van der Waals surface area contributed by atoms with Crippen LogP contribution in [-0.2, 0) is 104 Å².